The Morgan fingerprint density at radius 3 is 2.67 bits per heavy atom. The summed E-state index contributed by atoms with van der Waals surface area (Å²) in [5.41, 5.74) is 5.22. The molecule has 0 saturated carbocycles. The molecule has 1 aromatic heterocycles. The predicted molar refractivity (Wildman–Crippen MR) is 133 cm³/mol. The highest BCUT2D eigenvalue weighted by molar-refractivity contribution is 6.31. The number of fused-ring (bicyclic) bond motifs is 2. The average molecular weight is 469 g/mol. The van der Waals surface area contributed by atoms with Crippen molar-refractivity contribution in [2.45, 2.75) is 38.1 Å². The van der Waals surface area contributed by atoms with Crippen molar-refractivity contribution in [1.82, 2.24) is 9.88 Å². The van der Waals surface area contributed by atoms with Gasteiger partial charge in [0.15, 0.2) is 11.5 Å². The van der Waals surface area contributed by atoms with Gasteiger partial charge in [0.05, 0.1) is 14.2 Å². The first-order valence-electron chi connectivity index (χ1n) is 12.0. The highest BCUT2D eigenvalue weighted by atomic mass is 35.5. The fraction of sp³-hybridized carbons (Fsp3) is 0.481. The van der Waals surface area contributed by atoms with Crippen molar-refractivity contribution in [3.63, 3.8) is 0 Å². The van der Waals surface area contributed by atoms with Gasteiger partial charge >= 0.3 is 0 Å². The first-order valence-corrected chi connectivity index (χ1v) is 12.4. The predicted octanol–water partition coefficient (Wildman–Crippen LogP) is 5.80. The number of aromatic nitrogens is 1. The van der Waals surface area contributed by atoms with Gasteiger partial charge < -0.3 is 19.2 Å². The maximum absolute atomic E-state index is 6.30. The number of hydrogen-bond acceptors (Lipinski definition) is 4. The summed E-state index contributed by atoms with van der Waals surface area (Å²) < 4.78 is 16.9. The first kappa shape index (κ1) is 22.6. The monoisotopic (exact) mass is 468 g/mol. The van der Waals surface area contributed by atoms with Crippen molar-refractivity contribution in [2.24, 2.45) is 5.92 Å². The molecule has 2 aliphatic rings. The molecule has 1 N–H and O–H groups in total. The number of H-pyrrole nitrogens is 1. The van der Waals surface area contributed by atoms with Gasteiger partial charge in [0.1, 0.15) is 0 Å². The second-order valence-electron chi connectivity index (χ2n) is 9.26. The molecule has 0 bridgehead atoms. The highest BCUT2D eigenvalue weighted by Crippen LogP contribution is 2.41. The number of benzene rings is 2. The normalized spacial score (nSPS) is 19.5. The number of aryl methyl sites for hydroxylation is 1. The molecule has 0 radical (unpaired) electrons. The Morgan fingerprint density at radius 2 is 1.88 bits per heavy atom. The molecule has 5 rings (SSSR count). The van der Waals surface area contributed by atoms with E-state index in [0.29, 0.717) is 12.0 Å². The molecule has 5 nitrogen and oxygen atoms in total. The molecule has 0 spiro atoms. The summed E-state index contributed by atoms with van der Waals surface area (Å²) in [6, 6.07) is 10.8. The highest BCUT2D eigenvalue weighted by Gasteiger charge is 2.31. The van der Waals surface area contributed by atoms with E-state index in [1.165, 1.54) is 22.1 Å². The summed E-state index contributed by atoms with van der Waals surface area (Å²) in [4.78, 5) is 6.11. The van der Waals surface area contributed by atoms with E-state index in [2.05, 4.69) is 40.3 Å². The van der Waals surface area contributed by atoms with Gasteiger partial charge in [-0.25, -0.2) is 0 Å². The molecule has 0 aliphatic carbocycles. The van der Waals surface area contributed by atoms with Crippen LogP contribution < -0.4 is 9.47 Å². The van der Waals surface area contributed by atoms with Crippen LogP contribution in [0.5, 0.6) is 11.5 Å². The summed E-state index contributed by atoms with van der Waals surface area (Å²) >= 11 is 6.30. The van der Waals surface area contributed by atoms with Gasteiger partial charge in [0.25, 0.3) is 0 Å². The SMILES string of the molecule is COc1cc2c(cc1OC)C(CCc1c[nH]c3ccc(Cl)cc13)N(CC1CCOCC1)CC2. The maximum atomic E-state index is 6.30. The number of methoxy groups -OCH3 is 2. The van der Waals surface area contributed by atoms with Gasteiger partial charge in [0.2, 0.25) is 0 Å². The van der Waals surface area contributed by atoms with E-state index in [1.54, 1.807) is 14.2 Å². The van der Waals surface area contributed by atoms with Crippen molar-refractivity contribution in [3.05, 3.63) is 58.2 Å². The minimum absolute atomic E-state index is 0.348. The Balaban J connectivity index is 1.44. The Morgan fingerprint density at radius 1 is 1.09 bits per heavy atom. The lowest BCUT2D eigenvalue weighted by Crippen LogP contribution is -2.40. The number of nitrogens with zero attached hydrogens (tertiary/aromatic N) is 1. The second-order valence-corrected chi connectivity index (χ2v) is 9.70. The molecule has 2 aliphatic heterocycles. The largest absolute Gasteiger partial charge is 0.493 e. The minimum atomic E-state index is 0.348. The summed E-state index contributed by atoms with van der Waals surface area (Å²) in [5, 5.41) is 2.01. The van der Waals surface area contributed by atoms with Crippen LogP contribution in [0.2, 0.25) is 5.02 Å². The molecule has 6 heteroatoms. The van der Waals surface area contributed by atoms with Crippen LogP contribution in [0.3, 0.4) is 0 Å². The van der Waals surface area contributed by atoms with Crippen LogP contribution in [0.4, 0.5) is 0 Å². The molecular weight excluding hydrogens is 436 g/mol. The molecule has 1 saturated heterocycles. The third-order valence-corrected chi connectivity index (χ3v) is 7.60. The third-order valence-electron chi connectivity index (χ3n) is 7.36. The number of aromatic amines is 1. The van der Waals surface area contributed by atoms with Gasteiger partial charge in [-0.1, -0.05) is 11.6 Å². The average Bonchev–Trinajstić information content (AvgIpc) is 3.25. The summed E-state index contributed by atoms with van der Waals surface area (Å²) in [6.45, 7) is 3.98. The number of hydrogen-bond donors (Lipinski definition) is 1. The van der Waals surface area contributed by atoms with Crippen molar-refractivity contribution < 1.29 is 14.2 Å². The summed E-state index contributed by atoms with van der Waals surface area (Å²) in [7, 11) is 3.43. The van der Waals surface area contributed by atoms with E-state index in [0.717, 1.165) is 80.4 Å². The van der Waals surface area contributed by atoms with E-state index < -0.39 is 0 Å². The van der Waals surface area contributed by atoms with Crippen LogP contribution in [0.15, 0.2) is 36.5 Å². The number of ether oxygens (including phenoxy) is 3. The van der Waals surface area contributed by atoms with Crippen LogP contribution >= 0.6 is 11.6 Å². The van der Waals surface area contributed by atoms with Crippen LogP contribution in [0.25, 0.3) is 10.9 Å². The van der Waals surface area contributed by atoms with Crippen molar-refractivity contribution in [2.75, 3.05) is 40.5 Å². The zero-order valence-corrected chi connectivity index (χ0v) is 20.3. The lowest BCUT2D eigenvalue weighted by Gasteiger charge is -2.40. The molecule has 3 aromatic rings. The molecule has 0 amide bonds. The molecule has 2 aromatic carbocycles. The van der Waals surface area contributed by atoms with Crippen LogP contribution in [0.1, 0.15) is 42.0 Å². The van der Waals surface area contributed by atoms with Gasteiger partial charge in [-0.05, 0) is 85.0 Å². The maximum Gasteiger partial charge on any atom is 0.161 e. The minimum Gasteiger partial charge on any atom is -0.493 e. The Hall–Kier alpha value is -2.21. The van der Waals surface area contributed by atoms with E-state index in [4.69, 9.17) is 25.8 Å². The fourth-order valence-electron chi connectivity index (χ4n) is 5.55. The van der Waals surface area contributed by atoms with Gasteiger partial charge in [-0.3, -0.25) is 4.90 Å². The van der Waals surface area contributed by atoms with Crippen LogP contribution in [-0.2, 0) is 17.6 Å². The molecule has 176 valence electrons. The number of nitrogens with one attached hydrogen (secondary N) is 1. The van der Waals surface area contributed by atoms with Crippen LogP contribution in [0, 0.1) is 5.92 Å². The smallest absolute Gasteiger partial charge is 0.161 e. The van der Waals surface area contributed by atoms with E-state index in [-0.39, 0.29) is 0 Å². The zero-order valence-electron chi connectivity index (χ0n) is 19.5. The van der Waals surface area contributed by atoms with Crippen molar-refractivity contribution in [3.8, 4) is 11.5 Å². The standard InChI is InChI=1S/C27H33ClN2O3/c1-31-26-13-19-7-10-30(17-18-8-11-33-12-9-18)25(23(19)15-27(26)32-2)6-3-20-16-29-24-5-4-21(28)14-22(20)24/h4-5,13-16,18,25,29H,3,6-12,17H2,1-2H3. The number of halogens is 1. The molecule has 1 unspecified atom stereocenters. The number of rotatable bonds is 7. The summed E-state index contributed by atoms with van der Waals surface area (Å²) in [6.07, 6.45) is 7.53. The first-order chi connectivity index (χ1) is 16.2. The molecule has 1 fully saturated rings. The van der Waals surface area contributed by atoms with Gasteiger partial charge in [0, 0.05) is 54.5 Å². The quantitative estimate of drug-likeness (QED) is 0.476. The lowest BCUT2D eigenvalue weighted by molar-refractivity contribution is 0.0423. The molecule has 1 atom stereocenters. The van der Waals surface area contributed by atoms with Crippen LogP contribution in [-0.4, -0.2) is 50.4 Å². The summed E-state index contributed by atoms with van der Waals surface area (Å²) in [5.74, 6) is 2.34. The van der Waals surface area contributed by atoms with Gasteiger partial charge in [-0.15, -0.1) is 0 Å². The zero-order chi connectivity index (χ0) is 22.8. The Kier molecular flexibility index (Phi) is 6.81. The van der Waals surface area contributed by atoms with E-state index in [9.17, 15) is 0 Å². The Labute approximate surface area is 201 Å². The lowest BCUT2D eigenvalue weighted by atomic mass is 9.87. The van der Waals surface area contributed by atoms with Crippen molar-refractivity contribution >= 4 is 22.5 Å². The second kappa shape index (κ2) is 9.96. The molecular formula is C27H33ClN2O3. The molecule has 3 heterocycles. The molecule has 33 heavy (non-hydrogen) atoms. The van der Waals surface area contributed by atoms with Gasteiger partial charge in [-0.2, -0.15) is 0 Å². The third kappa shape index (κ3) is 4.72. The van der Waals surface area contributed by atoms with E-state index >= 15 is 0 Å². The Bertz CT molecular complexity index is 1110. The fourth-order valence-corrected chi connectivity index (χ4v) is 5.72. The van der Waals surface area contributed by atoms with E-state index in [1.807, 2.05) is 6.07 Å². The topological polar surface area (TPSA) is 46.7 Å². The van der Waals surface area contributed by atoms with Crippen molar-refractivity contribution in [1.29, 1.82) is 0 Å².